The number of esters is 3. The molecule has 0 unspecified atom stereocenters. The summed E-state index contributed by atoms with van der Waals surface area (Å²) in [6.07, 6.45) is 6.52. The molecule has 0 aliphatic heterocycles. The van der Waals surface area contributed by atoms with E-state index < -0.39 is 54.2 Å². The molecule has 8 aromatic carbocycles. The number of aromatic carboxylic acids is 1. The molecule has 0 heterocycles. The van der Waals surface area contributed by atoms with Crippen LogP contribution in [0, 0.1) is 92.0 Å². The summed E-state index contributed by atoms with van der Waals surface area (Å²) in [6.45, 7) is 39.6. The zero-order valence-corrected chi connectivity index (χ0v) is 79.4. The van der Waals surface area contributed by atoms with Gasteiger partial charge in [0.2, 0.25) is 28.7 Å². The molecule has 139 heavy (non-hydrogen) atoms. The number of hydrogen-bond donors (Lipinski definition) is 5. The monoisotopic (exact) mass is 1940 g/mol. The summed E-state index contributed by atoms with van der Waals surface area (Å²) in [5, 5.41) is 101. The maximum atomic E-state index is 11.2. The molecule has 0 fully saturated rings. The van der Waals surface area contributed by atoms with Gasteiger partial charge < -0.3 is 82.4 Å². The van der Waals surface area contributed by atoms with Crippen molar-refractivity contribution >= 4 is 96.3 Å². The summed E-state index contributed by atoms with van der Waals surface area (Å²) in [6, 6.07) is 25.9. The number of carbonyl (C=O) groups is 11. The first kappa shape index (κ1) is 120. The molecular weight excluding hydrogens is 1830 g/mol. The fourth-order valence-electron chi connectivity index (χ4n) is 10.0. The fraction of sp³-hybridized carbons (Fsp3) is 0.344. The number of carbonyl (C=O) groups excluding carboxylic acids is 10. The number of aromatic hydroxyl groups is 4. The Morgan fingerprint density at radius 2 is 0.547 bits per heavy atom. The molecule has 0 saturated heterocycles. The normalized spacial score (nSPS) is 10.1. The van der Waals surface area contributed by atoms with Gasteiger partial charge in [-0.15, -0.1) is 0 Å². The van der Waals surface area contributed by atoms with Crippen LogP contribution in [-0.4, -0.2) is 177 Å². The first-order valence-corrected chi connectivity index (χ1v) is 42.1. The van der Waals surface area contributed by atoms with Crippen LogP contribution in [0.25, 0.3) is 0 Å². The highest BCUT2D eigenvalue weighted by atomic mass is 16.7. The number of nitro groups is 5. The number of hydrogen-bond acceptors (Lipinski definition) is 37. The Balaban J connectivity index is 0.000000800. The Morgan fingerprint density at radius 3 is 0.871 bits per heavy atom. The van der Waals surface area contributed by atoms with Gasteiger partial charge in [-0.3, -0.25) is 98.5 Å². The second kappa shape index (κ2) is 62.6. The average molecular weight is 1940 g/mol. The van der Waals surface area contributed by atoms with Gasteiger partial charge in [-0.25, -0.2) is 4.79 Å². The van der Waals surface area contributed by atoms with Crippen molar-refractivity contribution in [3.8, 4) is 92.0 Å². The molecule has 0 aromatic heterocycles. The van der Waals surface area contributed by atoms with E-state index in [0.717, 1.165) is 44.2 Å². The molecule has 0 spiro atoms. The van der Waals surface area contributed by atoms with E-state index in [2.05, 4.69) is 13.2 Å². The van der Waals surface area contributed by atoms with Crippen molar-refractivity contribution in [1.82, 2.24) is 0 Å². The van der Waals surface area contributed by atoms with Gasteiger partial charge in [0.05, 0.1) is 110 Å². The molecule has 0 radical (unpaired) electrons. The quantitative estimate of drug-likeness (QED) is 0.00451. The Bertz CT molecular complexity index is 5470. The third-order valence-corrected chi connectivity index (χ3v) is 16.2. The zero-order chi connectivity index (χ0) is 106. The van der Waals surface area contributed by atoms with Crippen LogP contribution in [0.15, 0.2) is 141 Å². The molecule has 0 bridgehead atoms. The second-order valence-electron chi connectivity index (χ2n) is 31.6. The van der Waals surface area contributed by atoms with Crippen LogP contribution in [0.1, 0.15) is 201 Å². The van der Waals surface area contributed by atoms with E-state index in [1.54, 1.807) is 36.4 Å². The van der Waals surface area contributed by atoms with Crippen LogP contribution in [0.2, 0.25) is 0 Å². The van der Waals surface area contributed by atoms with Crippen molar-refractivity contribution in [1.29, 1.82) is 0 Å². The van der Waals surface area contributed by atoms with Crippen molar-refractivity contribution in [3.05, 3.63) is 236 Å². The number of ether oxygens (including phenoxy) is 12. The van der Waals surface area contributed by atoms with Gasteiger partial charge in [0.1, 0.15) is 18.8 Å². The molecule has 0 aliphatic carbocycles. The number of carboxylic acids is 1. The number of phenols is 4. The van der Waals surface area contributed by atoms with E-state index in [0.29, 0.717) is 86.1 Å². The number of nitrogens with zero attached hydrogens (tertiary/aromatic N) is 5. The Morgan fingerprint density at radius 1 is 0.295 bits per heavy atom. The maximum absolute atomic E-state index is 11.2. The average Bonchev–Trinajstić information content (AvgIpc) is 0.806. The van der Waals surface area contributed by atoms with Crippen molar-refractivity contribution in [2.45, 2.75) is 118 Å². The number of benzene rings is 8. The highest BCUT2D eigenvalue weighted by Gasteiger charge is 2.31. The zero-order valence-electron chi connectivity index (χ0n) is 79.4. The van der Waals surface area contributed by atoms with Gasteiger partial charge in [0.25, 0.3) is 0 Å². The molecular formula is C96H113N5O38. The minimum atomic E-state index is -1.25. The van der Waals surface area contributed by atoms with E-state index in [9.17, 15) is 114 Å². The summed E-state index contributed by atoms with van der Waals surface area (Å²) < 4.78 is 63.0. The van der Waals surface area contributed by atoms with E-state index in [1.165, 1.54) is 67.6 Å². The Hall–Kier alpha value is -16.8. The molecule has 0 aliphatic rings. The molecule has 5 N–H and O–H groups in total. The summed E-state index contributed by atoms with van der Waals surface area (Å²) in [4.78, 5) is 171. The van der Waals surface area contributed by atoms with E-state index in [1.807, 2.05) is 96.9 Å². The Labute approximate surface area is 798 Å². The second-order valence-corrected chi connectivity index (χ2v) is 31.6. The van der Waals surface area contributed by atoms with Crippen LogP contribution in [-0.2, 0) is 14.4 Å². The number of para-hydroxylation sites is 3. The molecule has 750 valence electrons. The number of phenolic OH excluding ortho intramolecular Hbond substituents is 4. The lowest BCUT2D eigenvalue weighted by molar-refractivity contribution is -0.386. The molecule has 8 aromatic rings. The maximum Gasteiger partial charge on any atom is 0.339 e. The van der Waals surface area contributed by atoms with Crippen LogP contribution >= 0.6 is 0 Å². The molecule has 0 atom stereocenters. The molecule has 0 amide bonds. The van der Waals surface area contributed by atoms with Crippen LogP contribution < -0.4 is 56.8 Å². The predicted molar refractivity (Wildman–Crippen MR) is 504 cm³/mol. The van der Waals surface area contributed by atoms with Crippen molar-refractivity contribution < 1.29 is 160 Å². The van der Waals surface area contributed by atoms with Crippen LogP contribution in [0.4, 0.5) is 28.4 Å². The lowest BCUT2D eigenvalue weighted by atomic mass is 10.1. The predicted octanol–water partition coefficient (Wildman–Crippen LogP) is 18.4. The van der Waals surface area contributed by atoms with Crippen LogP contribution in [0.5, 0.6) is 92.0 Å². The fourth-order valence-corrected chi connectivity index (χ4v) is 10.0. The first-order valence-electron chi connectivity index (χ1n) is 42.1. The van der Waals surface area contributed by atoms with Gasteiger partial charge in [0, 0.05) is 51.1 Å². The first-order chi connectivity index (χ1) is 65.5. The summed E-state index contributed by atoms with van der Waals surface area (Å²) in [7, 11) is 0. The van der Waals surface area contributed by atoms with Gasteiger partial charge in [-0.1, -0.05) is 140 Å². The van der Waals surface area contributed by atoms with Crippen LogP contribution in [0.3, 0.4) is 0 Å². The van der Waals surface area contributed by atoms with Crippen molar-refractivity contribution in [2.24, 2.45) is 41.4 Å². The highest BCUT2D eigenvalue weighted by molar-refractivity contribution is 5.93. The molecule has 43 nitrogen and oxygen atoms in total. The lowest BCUT2D eigenvalue weighted by Gasteiger charge is -2.15. The minimum Gasteiger partial charge on any atom is -0.504 e. The third-order valence-electron chi connectivity index (χ3n) is 16.2. The number of carboxylic acid groups (broad SMARTS) is 1. The van der Waals surface area contributed by atoms with E-state index in [4.69, 9.17) is 72.2 Å². The molecule has 43 heteroatoms. The largest absolute Gasteiger partial charge is 0.504 e. The standard InChI is InChI=1S/C14H17NO6.C14H17NO5.2C13H15NO6.C13H16O4.C11H13NO5.C11H14O3.C7H6O3/c1-4-7-20-12-10(14(16)17)5-6-11(15(18)19)13(12)21-8-9(2)3;1-4-7-19-13-11(8-16)5-6-12(15(17)18)14(13)20-9-10(2)3;2*1-8(2)7-19-13-11(14(17)18)5-4-10(6-15)12(13)20-9(3)16;1-9(2)8-16-12-6-4-5-11(7-14)13(12)17-10(3)15;1-7(2)6-17-11-9(12(15)16)4-3-8(5-13)10(11)14;1-8(2)7-14-10-5-3-4-9(6-12)11(10)13;8-4-5-2-1-3-6(9)7(5)10/h4-6,9H,1,7-8H2,2-3H3,(H,16,17);4-6,8,10H,1,7,9H2,2-3H3;2*4-6,8H,7H2,1-3H3;4-7,9H,8H2,1-3H3;3-5,7,14H,6H2,1-2H3;3-6,8,13H,7H2,1-2H3;1-4,9-10H. The summed E-state index contributed by atoms with van der Waals surface area (Å²) >= 11 is 0. The molecule has 8 rings (SSSR count). The summed E-state index contributed by atoms with van der Waals surface area (Å²) in [5.74, 6) is -3.33. The Kier molecular flexibility index (Phi) is 54.2. The number of rotatable bonds is 43. The topological polar surface area (TPSA) is 615 Å². The molecule has 0 saturated carbocycles. The van der Waals surface area contributed by atoms with Crippen molar-refractivity contribution in [3.63, 3.8) is 0 Å². The highest BCUT2D eigenvalue weighted by Crippen LogP contribution is 2.45. The third kappa shape index (κ3) is 41.7. The van der Waals surface area contributed by atoms with Gasteiger partial charge in [0.15, 0.2) is 107 Å². The summed E-state index contributed by atoms with van der Waals surface area (Å²) in [5.41, 5.74) is -0.947. The smallest absolute Gasteiger partial charge is 0.339 e. The van der Waals surface area contributed by atoms with E-state index >= 15 is 0 Å². The van der Waals surface area contributed by atoms with Gasteiger partial charge in [-0.05, 0) is 108 Å². The minimum absolute atomic E-state index is 0.0134. The lowest BCUT2D eigenvalue weighted by Crippen LogP contribution is -2.11. The number of aldehydes is 7. The number of nitro benzene ring substituents is 5. The van der Waals surface area contributed by atoms with E-state index in [-0.39, 0.29) is 218 Å². The van der Waals surface area contributed by atoms with Gasteiger partial charge >= 0.3 is 52.3 Å². The van der Waals surface area contributed by atoms with Crippen molar-refractivity contribution in [2.75, 3.05) is 59.5 Å². The SMILES string of the molecule is C=CCOc1c(C(=O)O)ccc([N+](=O)[O-])c1OCC(C)C.C=CCOc1c(C=O)ccc([N+](=O)[O-])c1OCC(C)C.CC(=O)Oc1c(C=O)ccc([N+](=O)[O-])c1OCC(C)C.CC(=O)Oc1c(C=O)ccc([N+](=O)[O-])c1OCC(C)C.CC(=O)Oc1c(C=O)cccc1OCC(C)C.CC(C)COc1c([N+](=O)[O-])ccc(C=O)c1O.CC(C)COc1cccc(C=O)c1O.O=Cc1cccc(O)c1O. The van der Waals surface area contributed by atoms with Gasteiger partial charge in [-0.2, -0.15) is 0 Å².